The summed E-state index contributed by atoms with van der Waals surface area (Å²) in [6, 6.07) is 5.50. The summed E-state index contributed by atoms with van der Waals surface area (Å²) in [5, 5.41) is 3.61. The molecule has 0 bridgehead atoms. The fraction of sp³-hybridized carbons (Fsp3) is 0.625. The van der Waals surface area contributed by atoms with E-state index < -0.39 is 0 Å². The molecule has 132 valence electrons. The van der Waals surface area contributed by atoms with Crippen molar-refractivity contribution in [3.63, 3.8) is 0 Å². The first-order valence-corrected chi connectivity index (χ1v) is 8.11. The van der Waals surface area contributed by atoms with E-state index in [0.29, 0.717) is 12.0 Å². The summed E-state index contributed by atoms with van der Waals surface area (Å²) in [5.74, 6) is 0.213. The third kappa shape index (κ3) is 5.18. The first kappa shape index (κ1) is 20.9. The van der Waals surface area contributed by atoms with Gasteiger partial charge >= 0.3 is 0 Å². The van der Waals surface area contributed by atoms with E-state index in [-0.39, 0.29) is 35.7 Å². The molecule has 2 aliphatic rings. The van der Waals surface area contributed by atoms with E-state index in [4.69, 9.17) is 16.3 Å². The Morgan fingerprint density at radius 1 is 1.17 bits per heavy atom. The second-order valence-corrected chi connectivity index (χ2v) is 6.26. The van der Waals surface area contributed by atoms with Crippen LogP contribution in [0.1, 0.15) is 24.4 Å². The van der Waals surface area contributed by atoms with Crippen LogP contribution in [0.25, 0.3) is 0 Å². The Labute approximate surface area is 154 Å². The third-order valence-electron chi connectivity index (χ3n) is 4.54. The van der Waals surface area contributed by atoms with Crippen molar-refractivity contribution in [3.8, 4) is 0 Å². The van der Waals surface area contributed by atoms with Crippen LogP contribution < -0.4 is 5.32 Å². The van der Waals surface area contributed by atoms with Gasteiger partial charge in [-0.15, -0.1) is 24.8 Å². The van der Waals surface area contributed by atoms with Crippen molar-refractivity contribution in [2.45, 2.75) is 18.9 Å². The van der Waals surface area contributed by atoms with Crippen LogP contribution in [0.3, 0.4) is 0 Å². The monoisotopic (exact) mass is 384 g/mol. The molecular weight excluding hydrogens is 362 g/mol. The van der Waals surface area contributed by atoms with Gasteiger partial charge in [0.05, 0.1) is 5.02 Å². The van der Waals surface area contributed by atoms with E-state index in [1.807, 2.05) is 6.07 Å². The van der Waals surface area contributed by atoms with Crippen LogP contribution >= 0.6 is 36.4 Å². The average molecular weight is 386 g/mol. The topological polar surface area (TPSA) is 24.5 Å². The summed E-state index contributed by atoms with van der Waals surface area (Å²) in [6.45, 7) is 5.71. The lowest BCUT2D eigenvalue weighted by atomic mass is 9.85. The van der Waals surface area contributed by atoms with Crippen LogP contribution in [0.4, 0.5) is 4.39 Å². The molecule has 2 fully saturated rings. The fourth-order valence-corrected chi connectivity index (χ4v) is 3.66. The third-order valence-corrected chi connectivity index (χ3v) is 4.83. The van der Waals surface area contributed by atoms with Crippen LogP contribution in [0, 0.1) is 11.7 Å². The molecule has 1 N–H and O–H groups in total. The molecule has 0 aliphatic carbocycles. The molecule has 1 aromatic carbocycles. The molecule has 0 amide bonds. The number of hydrogen-bond donors (Lipinski definition) is 1. The lowest BCUT2D eigenvalue weighted by Crippen LogP contribution is -2.47. The maximum atomic E-state index is 13.5. The van der Waals surface area contributed by atoms with Crippen LogP contribution in [0.15, 0.2) is 18.2 Å². The lowest BCUT2D eigenvalue weighted by molar-refractivity contribution is 0.0213. The highest BCUT2D eigenvalue weighted by Crippen LogP contribution is 2.36. The number of halogens is 4. The smallest absolute Gasteiger partial charge is 0.141 e. The predicted molar refractivity (Wildman–Crippen MR) is 96.6 cm³/mol. The van der Waals surface area contributed by atoms with Crippen molar-refractivity contribution in [3.05, 3.63) is 34.6 Å². The van der Waals surface area contributed by atoms with Crippen molar-refractivity contribution in [1.29, 1.82) is 0 Å². The SMILES string of the molecule is Cl.Cl.Fc1ccc([C@@H](C2CCOCC2)N2CCNCC2)cc1Cl. The first-order chi connectivity index (χ1) is 10.3. The second kappa shape index (κ2) is 10.0. The maximum Gasteiger partial charge on any atom is 0.141 e. The molecule has 23 heavy (non-hydrogen) atoms. The Kier molecular flexibility index (Phi) is 9.12. The van der Waals surface area contributed by atoms with Gasteiger partial charge in [-0.2, -0.15) is 0 Å². The highest BCUT2D eigenvalue weighted by molar-refractivity contribution is 6.30. The van der Waals surface area contributed by atoms with Crippen molar-refractivity contribution >= 4 is 36.4 Å². The zero-order valence-electron chi connectivity index (χ0n) is 13.0. The predicted octanol–water partition coefficient (Wildman–Crippen LogP) is 3.70. The molecule has 2 aliphatic heterocycles. The van der Waals surface area contributed by atoms with E-state index in [2.05, 4.69) is 10.2 Å². The van der Waals surface area contributed by atoms with Gasteiger partial charge in [0.1, 0.15) is 5.82 Å². The highest BCUT2D eigenvalue weighted by atomic mass is 35.5. The normalized spacial score (nSPS) is 21.1. The summed E-state index contributed by atoms with van der Waals surface area (Å²) in [4.78, 5) is 2.51. The van der Waals surface area contributed by atoms with Gasteiger partial charge in [0, 0.05) is 45.4 Å². The molecule has 1 atom stereocenters. The second-order valence-electron chi connectivity index (χ2n) is 5.85. The summed E-state index contributed by atoms with van der Waals surface area (Å²) < 4.78 is 19.0. The summed E-state index contributed by atoms with van der Waals surface area (Å²) >= 11 is 6.01. The number of rotatable bonds is 3. The van der Waals surface area contributed by atoms with Gasteiger partial charge in [-0.3, -0.25) is 4.90 Å². The number of nitrogens with zero attached hydrogens (tertiary/aromatic N) is 1. The van der Waals surface area contributed by atoms with Crippen molar-refractivity contribution in [2.75, 3.05) is 39.4 Å². The minimum absolute atomic E-state index is 0. The molecule has 2 saturated heterocycles. The van der Waals surface area contributed by atoms with Gasteiger partial charge < -0.3 is 10.1 Å². The Hall–Kier alpha value is -0.100. The Morgan fingerprint density at radius 2 is 1.83 bits per heavy atom. The largest absolute Gasteiger partial charge is 0.381 e. The van der Waals surface area contributed by atoms with Gasteiger partial charge in [-0.05, 0) is 36.5 Å². The minimum Gasteiger partial charge on any atom is -0.381 e. The molecule has 0 saturated carbocycles. The van der Waals surface area contributed by atoms with Gasteiger partial charge in [0.25, 0.3) is 0 Å². The Bertz CT molecular complexity index is 462. The fourth-order valence-electron chi connectivity index (χ4n) is 3.47. The molecule has 3 rings (SSSR count). The Morgan fingerprint density at radius 3 is 2.43 bits per heavy atom. The van der Waals surface area contributed by atoms with Crippen LogP contribution in [0.5, 0.6) is 0 Å². The van der Waals surface area contributed by atoms with Crippen LogP contribution in [-0.2, 0) is 4.74 Å². The van der Waals surface area contributed by atoms with Gasteiger partial charge in [-0.25, -0.2) is 4.39 Å². The summed E-state index contributed by atoms with van der Waals surface area (Å²) in [5.41, 5.74) is 1.13. The van der Waals surface area contributed by atoms with Crippen molar-refractivity contribution < 1.29 is 9.13 Å². The molecule has 1 aromatic rings. The number of hydrogen-bond acceptors (Lipinski definition) is 3. The quantitative estimate of drug-likeness (QED) is 0.858. The summed E-state index contributed by atoms with van der Waals surface area (Å²) in [6.07, 6.45) is 2.12. The average Bonchev–Trinajstić information content (AvgIpc) is 2.53. The molecule has 3 nitrogen and oxygen atoms in total. The molecule has 0 radical (unpaired) electrons. The number of piperazine rings is 1. The molecule has 0 spiro atoms. The molecular formula is C16H24Cl3FN2O. The lowest BCUT2D eigenvalue weighted by Gasteiger charge is -2.41. The standard InChI is InChI=1S/C16H22ClFN2O.2ClH/c17-14-11-13(1-2-15(14)18)16(12-3-9-21-10-4-12)20-7-5-19-6-8-20;;/h1-2,11-12,16,19H,3-10H2;2*1H/t16-;;/m1../s1. The molecule has 7 heteroatoms. The number of benzene rings is 1. The molecule has 2 heterocycles. The van der Waals surface area contributed by atoms with E-state index in [1.165, 1.54) is 6.07 Å². The van der Waals surface area contributed by atoms with E-state index in [9.17, 15) is 4.39 Å². The zero-order chi connectivity index (χ0) is 14.7. The van der Waals surface area contributed by atoms with E-state index >= 15 is 0 Å². The van der Waals surface area contributed by atoms with Gasteiger partial charge in [-0.1, -0.05) is 17.7 Å². The van der Waals surface area contributed by atoms with Gasteiger partial charge in [0.15, 0.2) is 0 Å². The van der Waals surface area contributed by atoms with E-state index in [0.717, 1.165) is 57.8 Å². The molecule has 0 unspecified atom stereocenters. The minimum atomic E-state index is -0.341. The van der Waals surface area contributed by atoms with Crippen LogP contribution in [-0.4, -0.2) is 44.3 Å². The number of ether oxygens (including phenoxy) is 1. The summed E-state index contributed by atoms with van der Waals surface area (Å²) in [7, 11) is 0. The zero-order valence-corrected chi connectivity index (χ0v) is 15.4. The Balaban J connectivity index is 0.00000132. The maximum absolute atomic E-state index is 13.5. The van der Waals surface area contributed by atoms with Crippen molar-refractivity contribution in [1.82, 2.24) is 10.2 Å². The van der Waals surface area contributed by atoms with Gasteiger partial charge in [0.2, 0.25) is 0 Å². The number of nitrogens with one attached hydrogen (secondary N) is 1. The first-order valence-electron chi connectivity index (χ1n) is 7.73. The molecule has 0 aromatic heterocycles. The van der Waals surface area contributed by atoms with E-state index in [1.54, 1.807) is 6.07 Å². The highest BCUT2D eigenvalue weighted by Gasteiger charge is 2.31. The van der Waals surface area contributed by atoms with Crippen molar-refractivity contribution in [2.24, 2.45) is 5.92 Å². The van der Waals surface area contributed by atoms with Crippen LogP contribution in [0.2, 0.25) is 5.02 Å².